The van der Waals surface area contributed by atoms with Gasteiger partial charge in [0.25, 0.3) is 0 Å². The van der Waals surface area contributed by atoms with Crippen LogP contribution in [0, 0.1) is 0 Å². The third kappa shape index (κ3) is 4.52. The van der Waals surface area contributed by atoms with Crippen LogP contribution in [-0.2, 0) is 19.9 Å². The fourth-order valence-corrected chi connectivity index (χ4v) is 7.15. The molecule has 3 aromatic heterocycles. The highest BCUT2D eigenvalue weighted by Crippen LogP contribution is 2.37. The molecule has 0 unspecified atom stereocenters. The number of thiazole rings is 1. The van der Waals surface area contributed by atoms with E-state index in [1.165, 1.54) is 58.9 Å². The number of thiophene rings is 1. The van der Waals surface area contributed by atoms with E-state index in [1.807, 2.05) is 22.1 Å². The molecule has 0 atom stereocenters. The molecule has 174 valence electrons. The highest BCUT2D eigenvalue weighted by Gasteiger charge is 2.20. The Morgan fingerprint density at radius 1 is 0.971 bits per heavy atom. The predicted octanol–water partition coefficient (Wildman–Crippen LogP) is 3.81. The number of benzene rings is 2. The van der Waals surface area contributed by atoms with Gasteiger partial charge in [-0.05, 0) is 65.7 Å². The summed E-state index contributed by atoms with van der Waals surface area (Å²) in [5, 5.41) is 16.4. The first kappa shape index (κ1) is 23.1. The fraction of sp³-hybridized carbons (Fsp3) is 0.0500. The molecule has 0 amide bonds. The van der Waals surface area contributed by atoms with E-state index in [-0.39, 0.29) is 9.79 Å². The van der Waals surface area contributed by atoms with Crippen LogP contribution in [0.2, 0.25) is 0 Å². The predicted molar refractivity (Wildman–Crippen MR) is 133 cm³/mol. The smallest absolute Gasteiger partial charge is 0.238 e. The number of primary sulfonamides is 1. The molecule has 5 rings (SSSR count). The van der Waals surface area contributed by atoms with E-state index in [4.69, 9.17) is 5.14 Å². The quantitative estimate of drug-likeness (QED) is 0.337. The summed E-state index contributed by atoms with van der Waals surface area (Å²) in [5.41, 5.74) is 1.34. The molecule has 2 aromatic carbocycles. The SMILES string of the molecule is CS(=O)(=O)c1ccc2nc(Sc3nnc(-c4cccs4)n3-c3ccc(S(N)(=O)=O)cc3)sc2c1. The van der Waals surface area contributed by atoms with Gasteiger partial charge in [0.05, 0.1) is 24.9 Å². The Labute approximate surface area is 207 Å². The third-order valence-electron chi connectivity index (χ3n) is 4.75. The second-order valence-electron chi connectivity index (χ2n) is 7.14. The van der Waals surface area contributed by atoms with E-state index in [1.54, 1.807) is 24.3 Å². The molecule has 0 spiro atoms. The fourth-order valence-electron chi connectivity index (χ4n) is 3.16. The molecule has 0 fully saturated rings. The largest absolute Gasteiger partial charge is 0.269 e. The Morgan fingerprint density at radius 3 is 2.35 bits per heavy atom. The Balaban J connectivity index is 1.58. The molecule has 14 heteroatoms. The van der Waals surface area contributed by atoms with Crippen molar-refractivity contribution in [2.24, 2.45) is 5.14 Å². The van der Waals surface area contributed by atoms with Crippen LogP contribution in [-0.4, -0.2) is 42.8 Å². The lowest BCUT2D eigenvalue weighted by atomic mass is 10.3. The summed E-state index contributed by atoms with van der Waals surface area (Å²) in [4.78, 5) is 5.72. The lowest BCUT2D eigenvalue weighted by Crippen LogP contribution is -2.12. The van der Waals surface area contributed by atoms with Crippen LogP contribution >= 0.6 is 34.4 Å². The summed E-state index contributed by atoms with van der Waals surface area (Å²) >= 11 is 4.14. The number of nitrogens with zero attached hydrogens (tertiary/aromatic N) is 4. The number of sulfone groups is 1. The van der Waals surface area contributed by atoms with Crippen LogP contribution < -0.4 is 5.14 Å². The van der Waals surface area contributed by atoms with Crippen molar-refractivity contribution < 1.29 is 16.8 Å². The number of nitrogens with two attached hydrogens (primary N) is 1. The maximum absolute atomic E-state index is 11.9. The second kappa shape index (κ2) is 8.55. The molecule has 0 aliphatic rings. The van der Waals surface area contributed by atoms with Gasteiger partial charge in [-0.1, -0.05) is 6.07 Å². The first-order chi connectivity index (χ1) is 16.1. The summed E-state index contributed by atoms with van der Waals surface area (Å²) in [5.74, 6) is 0.598. The molecule has 0 radical (unpaired) electrons. The van der Waals surface area contributed by atoms with Gasteiger partial charge >= 0.3 is 0 Å². The zero-order valence-electron chi connectivity index (χ0n) is 17.3. The molecule has 3 heterocycles. The molecule has 9 nitrogen and oxygen atoms in total. The van der Waals surface area contributed by atoms with Crippen LogP contribution in [0.3, 0.4) is 0 Å². The van der Waals surface area contributed by atoms with Gasteiger partial charge in [-0.15, -0.1) is 32.9 Å². The summed E-state index contributed by atoms with van der Waals surface area (Å²) < 4.78 is 50.3. The Kier molecular flexibility index (Phi) is 5.82. The van der Waals surface area contributed by atoms with Crippen molar-refractivity contribution in [2.75, 3.05) is 6.26 Å². The third-order valence-corrected chi connectivity index (χ3v) is 9.68. The van der Waals surface area contributed by atoms with Crippen molar-refractivity contribution in [1.29, 1.82) is 0 Å². The molecule has 34 heavy (non-hydrogen) atoms. The molecular formula is C20H15N5O4S5. The normalized spacial score (nSPS) is 12.4. The minimum absolute atomic E-state index is 0.00375. The zero-order valence-corrected chi connectivity index (χ0v) is 21.4. The topological polar surface area (TPSA) is 138 Å². The zero-order chi connectivity index (χ0) is 24.1. The lowest BCUT2D eigenvalue weighted by Gasteiger charge is -2.09. The van der Waals surface area contributed by atoms with Gasteiger partial charge in [-0.2, -0.15) is 0 Å². The van der Waals surface area contributed by atoms with Crippen molar-refractivity contribution in [2.45, 2.75) is 19.3 Å². The summed E-state index contributed by atoms with van der Waals surface area (Å²) in [6.07, 6.45) is 1.17. The molecular weight excluding hydrogens is 535 g/mol. The van der Waals surface area contributed by atoms with Gasteiger partial charge in [-0.3, -0.25) is 4.57 Å². The van der Waals surface area contributed by atoms with Crippen LogP contribution in [0.15, 0.2) is 79.3 Å². The first-order valence-electron chi connectivity index (χ1n) is 9.51. The number of hydrogen-bond donors (Lipinski definition) is 1. The number of sulfonamides is 1. The van der Waals surface area contributed by atoms with Crippen molar-refractivity contribution >= 4 is 64.5 Å². The van der Waals surface area contributed by atoms with E-state index < -0.39 is 19.9 Å². The van der Waals surface area contributed by atoms with Crippen molar-refractivity contribution in [3.8, 4) is 16.4 Å². The molecule has 0 bridgehead atoms. The van der Waals surface area contributed by atoms with Gasteiger partial charge in [0.2, 0.25) is 15.2 Å². The maximum atomic E-state index is 11.9. The van der Waals surface area contributed by atoms with Crippen molar-refractivity contribution in [3.63, 3.8) is 0 Å². The molecule has 0 saturated carbocycles. The average molecular weight is 550 g/mol. The molecule has 5 aromatic rings. The molecule has 2 N–H and O–H groups in total. The van der Waals surface area contributed by atoms with E-state index >= 15 is 0 Å². The van der Waals surface area contributed by atoms with Crippen LogP contribution in [0.4, 0.5) is 0 Å². The van der Waals surface area contributed by atoms with Gasteiger partial charge < -0.3 is 0 Å². The number of aromatic nitrogens is 4. The number of rotatable bonds is 6. The summed E-state index contributed by atoms with van der Waals surface area (Å²) in [7, 11) is -7.15. The van der Waals surface area contributed by atoms with Gasteiger partial charge in [-0.25, -0.2) is 27.0 Å². The minimum atomic E-state index is -3.82. The second-order valence-corrected chi connectivity index (χ2v) is 13.9. The highest BCUT2D eigenvalue weighted by molar-refractivity contribution is 8.01. The number of hydrogen-bond acceptors (Lipinski definition) is 10. The van der Waals surface area contributed by atoms with Crippen molar-refractivity contribution in [1.82, 2.24) is 19.7 Å². The molecule has 0 aliphatic heterocycles. The molecule has 0 aliphatic carbocycles. The maximum Gasteiger partial charge on any atom is 0.238 e. The monoisotopic (exact) mass is 549 g/mol. The first-order valence-corrected chi connectivity index (χ1v) is 15.5. The Bertz CT molecular complexity index is 1720. The van der Waals surface area contributed by atoms with Gasteiger partial charge in [0.15, 0.2) is 20.0 Å². The van der Waals surface area contributed by atoms with E-state index in [9.17, 15) is 16.8 Å². The molecule has 0 saturated heterocycles. The summed E-state index contributed by atoms with van der Waals surface area (Å²) in [6, 6.07) is 14.8. The standard InChI is InChI=1S/C20H15N5O4S5/c1-33(26,27)14-8-9-15-17(11-14)31-20(22-15)32-19-24-23-18(16-3-2-10-30-16)25(19)12-4-6-13(7-5-12)34(21,28)29/h2-11H,1H3,(H2,21,28,29). The minimum Gasteiger partial charge on any atom is -0.269 e. The van der Waals surface area contributed by atoms with E-state index in [0.717, 1.165) is 9.58 Å². The van der Waals surface area contributed by atoms with E-state index in [2.05, 4.69) is 15.2 Å². The van der Waals surface area contributed by atoms with Crippen LogP contribution in [0.5, 0.6) is 0 Å². The highest BCUT2D eigenvalue weighted by atomic mass is 32.2. The van der Waals surface area contributed by atoms with Crippen molar-refractivity contribution in [3.05, 3.63) is 60.0 Å². The van der Waals surface area contributed by atoms with Crippen LogP contribution in [0.25, 0.3) is 26.6 Å². The Hall–Kier alpha value is -2.62. The van der Waals surface area contributed by atoms with Crippen LogP contribution in [0.1, 0.15) is 0 Å². The van der Waals surface area contributed by atoms with Gasteiger partial charge in [0.1, 0.15) is 0 Å². The average Bonchev–Trinajstić information content (AvgIpc) is 3.51. The van der Waals surface area contributed by atoms with E-state index in [0.29, 0.717) is 26.5 Å². The summed E-state index contributed by atoms with van der Waals surface area (Å²) in [6.45, 7) is 0. The Morgan fingerprint density at radius 2 is 1.71 bits per heavy atom. The number of fused-ring (bicyclic) bond motifs is 1. The lowest BCUT2D eigenvalue weighted by molar-refractivity contribution is 0.597. The van der Waals surface area contributed by atoms with Gasteiger partial charge in [0, 0.05) is 11.9 Å².